The average molecular weight is 208 g/mol. The van der Waals surface area contributed by atoms with Gasteiger partial charge in [0.2, 0.25) is 5.91 Å². The highest BCUT2D eigenvalue weighted by atomic mass is 16.1. The molecule has 2 atom stereocenters. The summed E-state index contributed by atoms with van der Waals surface area (Å²) in [6.45, 7) is 0.653. The van der Waals surface area contributed by atoms with Gasteiger partial charge in [-0.1, -0.05) is 12.2 Å². The molecule has 84 valence electrons. The number of amides is 1. The van der Waals surface area contributed by atoms with Gasteiger partial charge in [-0.25, -0.2) is 0 Å². The number of nitrogens with one attached hydrogen (secondary N) is 1. The monoisotopic (exact) mass is 208 g/mol. The molecular formula is C12H20N2O. The second-order valence-corrected chi connectivity index (χ2v) is 4.78. The van der Waals surface area contributed by atoms with E-state index in [1.165, 1.54) is 12.8 Å². The second-order valence-electron chi connectivity index (χ2n) is 4.78. The smallest absolute Gasteiger partial charge is 0.220 e. The maximum atomic E-state index is 11.5. The summed E-state index contributed by atoms with van der Waals surface area (Å²) in [5.41, 5.74) is 5.91. The number of rotatable bonds is 5. The Balaban J connectivity index is 1.61. The van der Waals surface area contributed by atoms with Crippen LogP contribution in [0.3, 0.4) is 0 Å². The number of allylic oxidation sites excluding steroid dienone is 2. The molecule has 0 aromatic rings. The Kier molecular flexibility index (Phi) is 3.41. The van der Waals surface area contributed by atoms with Gasteiger partial charge in [-0.05, 0) is 37.5 Å². The Morgan fingerprint density at radius 1 is 1.47 bits per heavy atom. The summed E-state index contributed by atoms with van der Waals surface area (Å²) in [4.78, 5) is 11.5. The lowest BCUT2D eigenvalue weighted by molar-refractivity contribution is -0.121. The molecule has 0 aliphatic heterocycles. The second kappa shape index (κ2) is 4.79. The molecule has 2 rings (SSSR count). The zero-order valence-corrected chi connectivity index (χ0v) is 9.11. The van der Waals surface area contributed by atoms with Crippen LogP contribution < -0.4 is 11.1 Å². The molecule has 15 heavy (non-hydrogen) atoms. The van der Waals surface area contributed by atoms with Gasteiger partial charge in [0, 0.05) is 19.0 Å². The third-order valence-corrected chi connectivity index (χ3v) is 3.32. The molecule has 1 saturated carbocycles. The van der Waals surface area contributed by atoms with Gasteiger partial charge in [-0.3, -0.25) is 4.79 Å². The molecule has 3 nitrogen and oxygen atoms in total. The predicted molar refractivity (Wildman–Crippen MR) is 60.2 cm³/mol. The van der Waals surface area contributed by atoms with Crippen molar-refractivity contribution in [3.63, 3.8) is 0 Å². The van der Waals surface area contributed by atoms with E-state index < -0.39 is 0 Å². The number of nitrogens with two attached hydrogens (primary N) is 1. The molecule has 0 bridgehead atoms. The molecule has 1 amide bonds. The van der Waals surface area contributed by atoms with E-state index in [2.05, 4.69) is 17.5 Å². The highest BCUT2D eigenvalue weighted by molar-refractivity contribution is 5.76. The Labute approximate surface area is 91.1 Å². The van der Waals surface area contributed by atoms with Crippen LogP contribution in [0, 0.1) is 11.8 Å². The molecule has 0 aromatic heterocycles. The molecule has 0 spiro atoms. The molecule has 0 aromatic carbocycles. The Hall–Kier alpha value is -0.830. The molecular weight excluding hydrogens is 188 g/mol. The summed E-state index contributed by atoms with van der Waals surface area (Å²) in [7, 11) is 0. The average Bonchev–Trinajstić information content (AvgIpc) is 2.95. The highest BCUT2D eigenvalue weighted by Gasteiger charge is 2.28. The third kappa shape index (κ3) is 3.34. The van der Waals surface area contributed by atoms with Crippen molar-refractivity contribution in [2.24, 2.45) is 17.6 Å². The minimum absolute atomic E-state index is 0.155. The van der Waals surface area contributed by atoms with Crippen molar-refractivity contribution in [2.45, 2.75) is 38.1 Å². The van der Waals surface area contributed by atoms with Crippen molar-refractivity contribution in [3.8, 4) is 0 Å². The summed E-state index contributed by atoms with van der Waals surface area (Å²) < 4.78 is 0. The number of carbonyl (C=O) groups is 1. The van der Waals surface area contributed by atoms with Crippen molar-refractivity contribution in [1.29, 1.82) is 0 Å². The molecule has 1 fully saturated rings. The van der Waals surface area contributed by atoms with E-state index in [1.807, 2.05) is 0 Å². The quantitative estimate of drug-likeness (QED) is 0.667. The molecule has 0 saturated heterocycles. The van der Waals surface area contributed by atoms with Crippen LogP contribution in [0.1, 0.15) is 32.1 Å². The van der Waals surface area contributed by atoms with E-state index in [4.69, 9.17) is 5.73 Å². The first-order valence-electron chi connectivity index (χ1n) is 5.94. The summed E-state index contributed by atoms with van der Waals surface area (Å²) in [5.74, 6) is 1.28. The molecule has 3 N–H and O–H groups in total. The Morgan fingerprint density at radius 3 is 2.87 bits per heavy atom. The van der Waals surface area contributed by atoms with Crippen LogP contribution >= 0.6 is 0 Å². The van der Waals surface area contributed by atoms with Gasteiger partial charge in [0.1, 0.15) is 0 Å². The minimum atomic E-state index is 0.155. The van der Waals surface area contributed by atoms with Crippen LogP contribution in [0.2, 0.25) is 0 Å². The maximum Gasteiger partial charge on any atom is 0.220 e. The number of hydrogen-bond acceptors (Lipinski definition) is 2. The van der Waals surface area contributed by atoms with Gasteiger partial charge >= 0.3 is 0 Å². The largest absolute Gasteiger partial charge is 0.355 e. The van der Waals surface area contributed by atoms with Crippen molar-refractivity contribution in [1.82, 2.24) is 5.32 Å². The number of carbonyl (C=O) groups excluding carboxylic acids is 1. The summed E-state index contributed by atoms with van der Waals surface area (Å²) in [5, 5.41) is 2.93. The first-order chi connectivity index (χ1) is 7.25. The molecule has 2 aliphatic rings. The lowest BCUT2D eigenvalue weighted by Gasteiger charge is -2.13. The van der Waals surface area contributed by atoms with Crippen LogP contribution in [-0.4, -0.2) is 18.5 Å². The van der Waals surface area contributed by atoms with Crippen LogP contribution in [0.15, 0.2) is 12.2 Å². The number of hydrogen-bond donors (Lipinski definition) is 2. The van der Waals surface area contributed by atoms with Gasteiger partial charge in [-0.15, -0.1) is 0 Å². The van der Waals surface area contributed by atoms with Crippen molar-refractivity contribution < 1.29 is 4.79 Å². The van der Waals surface area contributed by atoms with Gasteiger partial charge in [0.05, 0.1) is 0 Å². The fourth-order valence-electron chi connectivity index (χ4n) is 2.10. The van der Waals surface area contributed by atoms with Crippen LogP contribution in [0.25, 0.3) is 0 Å². The van der Waals surface area contributed by atoms with Gasteiger partial charge in [0.25, 0.3) is 0 Å². The molecule has 3 heteroatoms. The van der Waals surface area contributed by atoms with E-state index >= 15 is 0 Å². The maximum absolute atomic E-state index is 11.5. The van der Waals surface area contributed by atoms with Crippen LogP contribution in [0.4, 0.5) is 0 Å². The van der Waals surface area contributed by atoms with Crippen LogP contribution in [-0.2, 0) is 4.79 Å². The standard InChI is InChI=1S/C12H20N2O/c13-11(10-5-6-10)8-14-12(15)7-9-3-1-2-4-9/h1,3,9-11H,2,4-8,13H2,(H,14,15). The zero-order chi connectivity index (χ0) is 10.7. The summed E-state index contributed by atoms with van der Waals surface area (Å²) in [6.07, 6.45) is 9.68. The Morgan fingerprint density at radius 2 is 2.27 bits per heavy atom. The zero-order valence-electron chi connectivity index (χ0n) is 9.11. The van der Waals surface area contributed by atoms with Gasteiger partial charge < -0.3 is 11.1 Å². The molecule has 2 unspecified atom stereocenters. The fourth-order valence-corrected chi connectivity index (χ4v) is 2.10. The SMILES string of the molecule is NC(CNC(=O)CC1C=CCC1)C1CC1. The first kappa shape index (κ1) is 10.7. The van der Waals surface area contributed by atoms with E-state index in [9.17, 15) is 4.79 Å². The minimum Gasteiger partial charge on any atom is -0.355 e. The van der Waals surface area contributed by atoms with E-state index in [1.54, 1.807) is 0 Å². The molecule has 0 heterocycles. The van der Waals surface area contributed by atoms with Crippen molar-refractivity contribution >= 4 is 5.91 Å². The highest BCUT2D eigenvalue weighted by Crippen LogP contribution is 2.31. The first-order valence-corrected chi connectivity index (χ1v) is 5.94. The Bertz CT molecular complexity index is 258. The van der Waals surface area contributed by atoms with Crippen molar-refractivity contribution in [3.05, 3.63) is 12.2 Å². The van der Waals surface area contributed by atoms with Crippen molar-refractivity contribution in [2.75, 3.05) is 6.54 Å². The summed E-state index contributed by atoms with van der Waals surface area (Å²) in [6, 6.07) is 0.174. The summed E-state index contributed by atoms with van der Waals surface area (Å²) >= 11 is 0. The van der Waals surface area contributed by atoms with E-state index in [-0.39, 0.29) is 11.9 Å². The lowest BCUT2D eigenvalue weighted by Crippen LogP contribution is -2.38. The lowest BCUT2D eigenvalue weighted by atomic mass is 10.0. The third-order valence-electron chi connectivity index (χ3n) is 3.32. The van der Waals surface area contributed by atoms with E-state index in [0.717, 1.165) is 12.8 Å². The molecule has 2 aliphatic carbocycles. The fraction of sp³-hybridized carbons (Fsp3) is 0.750. The van der Waals surface area contributed by atoms with Gasteiger partial charge in [0.15, 0.2) is 0 Å². The van der Waals surface area contributed by atoms with Gasteiger partial charge in [-0.2, -0.15) is 0 Å². The topological polar surface area (TPSA) is 55.1 Å². The van der Waals surface area contributed by atoms with E-state index in [0.29, 0.717) is 24.8 Å². The molecule has 0 radical (unpaired) electrons. The van der Waals surface area contributed by atoms with Crippen LogP contribution in [0.5, 0.6) is 0 Å². The normalized spacial score (nSPS) is 26.6. The predicted octanol–water partition coefficient (Wildman–Crippen LogP) is 1.20.